The maximum Gasteiger partial charge on any atom is 0.129 e. The molecule has 0 spiro atoms. The summed E-state index contributed by atoms with van der Waals surface area (Å²) in [6.07, 6.45) is 0. The number of anilines is 1. The van der Waals surface area contributed by atoms with Crippen molar-refractivity contribution in [1.82, 2.24) is 0 Å². The third kappa shape index (κ3) is 2.70. The average Bonchev–Trinajstić information content (AvgIpc) is 2.01. The summed E-state index contributed by atoms with van der Waals surface area (Å²) >= 11 is 0. The van der Waals surface area contributed by atoms with Crippen LogP contribution in [-0.4, -0.2) is 5.54 Å². The van der Waals surface area contributed by atoms with Crippen LogP contribution in [0.25, 0.3) is 0 Å². The number of nitrogens with one attached hydrogen (secondary N) is 1. The van der Waals surface area contributed by atoms with Gasteiger partial charge in [-0.3, -0.25) is 0 Å². The molecule has 0 aliphatic rings. The summed E-state index contributed by atoms with van der Waals surface area (Å²) in [5.41, 5.74) is 6.73. The van der Waals surface area contributed by atoms with Gasteiger partial charge in [0.25, 0.3) is 0 Å². The van der Waals surface area contributed by atoms with Crippen LogP contribution in [0.5, 0.6) is 0 Å². The van der Waals surface area contributed by atoms with E-state index in [0.717, 1.165) is 5.69 Å². The quantitative estimate of drug-likeness (QED) is 0.762. The minimum atomic E-state index is -0.248. The van der Waals surface area contributed by atoms with Crippen molar-refractivity contribution in [1.29, 1.82) is 0 Å². The highest BCUT2D eigenvalue weighted by Gasteiger charge is 2.13. The third-order valence-corrected chi connectivity index (χ3v) is 1.83. The molecule has 0 aliphatic carbocycles. The lowest BCUT2D eigenvalue weighted by Crippen LogP contribution is -2.27. The van der Waals surface area contributed by atoms with Gasteiger partial charge in [-0.1, -0.05) is 6.07 Å². The summed E-state index contributed by atoms with van der Waals surface area (Å²) in [4.78, 5) is 0. The monoisotopic (exact) mass is 196 g/mol. The Kier molecular flexibility index (Phi) is 3.11. The van der Waals surface area contributed by atoms with E-state index in [1.807, 2.05) is 26.8 Å². The predicted molar refractivity (Wildman–Crippen MR) is 57.7 cm³/mol. The lowest BCUT2D eigenvalue weighted by atomic mass is 10.1. The van der Waals surface area contributed by atoms with Gasteiger partial charge >= 0.3 is 0 Å². The molecule has 14 heavy (non-hydrogen) atoms. The number of hydrogen-bond acceptors (Lipinski definition) is 2. The molecule has 0 aromatic heterocycles. The average molecular weight is 196 g/mol. The van der Waals surface area contributed by atoms with Crippen LogP contribution in [0.2, 0.25) is 0 Å². The van der Waals surface area contributed by atoms with Crippen molar-refractivity contribution in [3.05, 3.63) is 29.6 Å². The van der Waals surface area contributed by atoms with Crippen molar-refractivity contribution < 1.29 is 4.39 Å². The van der Waals surface area contributed by atoms with E-state index in [-0.39, 0.29) is 17.9 Å². The molecule has 0 unspecified atom stereocenters. The molecule has 1 aromatic carbocycles. The highest BCUT2D eigenvalue weighted by Crippen LogP contribution is 2.21. The van der Waals surface area contributed by atoms with Crippen LogP contribution < -0.4 is 11.1 Å². The fourth-order valence-electron chi connectivity index (χ4n) is 1.29. The zero-order chi connectivity index (χ0) is 10.8. The Morgan fingerprint density at radius 3 is 2.50 bits per heavy atom. The van der Waals surface area contributed by atoms with Crippen LogP contribution in [0, 0.1) is 5.82 Å². The second kappa shape index (κ2) is 3.96. The number of benzene rings is 1. The normalized spacial score (nSPS) is 11.5. The maximum absolute atomic E-state index is 13.3. The van der Waals surface area contributed by atoms with E-state index in [1.54, 1.807) is 6.07 Å². The predicted octanol–water partition coefficient (Wildman–Crippen LogP) is 2.49. The minimum Gasteiger partial charge on any atom is -0.380 e. The Balaban J connectivity index is 3.02. The lowest BCUT2D eigenvalue weighted by Gasteiger charge is -2.24. The Labute approximate surface area is 84.3 Å². The van der Waals surface area contributed by atoms with E-state index in [0.29, 0.717) is 5.56 Å². The van der Waals surface area contributed by atoms with Gasteiger partial charge in [0.05, 0.1) is 0 Å². The minimum absolute atomic E-state index is 0.0856. The van der Waals surface area contributed by atoms with Crippen molar-refractivity contribution in [2.75, 3.05) is 5.32 Å². The molecule has 0 bridgehead atoms. The first-order chi connectivity index (χ1) is 6.44. The summed E-state index contributed by atoms with van der Waals surface area (Å²) in [6.45, 7) is 6.29. The maximum atomic E-state index is 13.3. The smallest absolute Gasteiger partial charge is 0.129 e. The molecule has 3 N–H and O–H groups in total. The van der Waals surface area contributed by atoms with Crippen molar-refractivity contribution in [2.24, 2.45) is 5.73 Å². The molecule has 1 rings (SSSR count). The Morgan fingerprint density at radius 2 is 2.00 bits per heavy atom. The number of hydrogen-bond donors (Lipinski definition) is 2. The lowest BCUT2D eigenvalue weighted by molar-refractivity contribution is 0.603. The molecule has 0 fully saturated rings. The molecule has 2 nitrogen and oxygen atoms in total. The van der Waals surface area contributed by atoms with Crippen LogP contribution in [0.3, 0.4) is 0 Å². The summed E-state index contributed by atoms with van der Waals surface area (Å²) in [5.74, 6) is -0.248. The molecule has 0 heterocycles. The van der Waals surface area contributed by atoms with Crippen molar-refractivity contribution in [3.63, 3.8) is 0 Å². The number of rotatable bonds is 2. The van der Waals surface area contributed by atoms with Gasteiger partial charge in [0, 0.05) is 23.3 Å². The molecule has 0 saturated carbocycles. The van der Waals surface area contributed by atoms with Crippen molar-refractivity contribution >= 4 is 5.69 Å². The Bertz CT molecular complexity index is 316. The van der Waals surface area contributed by atoms with Gasteiger partial charge in [-0.25, -0.2) is 4.39 Å². The largest absolute Gasteiger partial charge is 0.380 e. The van der Waals surface area contributed by atoms with Gasteiger partial charge in [-0.15, -0.1) is 0 Å². The van der Waals surface area contributed by atoms with Gasteiger partial charge < -0.3 is 11.1 Å². The van der Waals surface area contributed by atoms with E-state index < -0.39 is 0 Å². The zero-order valence-corrected chi connectivity index (χ0v) is 8.89. The Morgan fingerprint density at radius 1 is 1.36 bits per heavy atom. The van der Waals surface area contributed by atoms with Gasteiger partial charge in [-0.2, -0.15) is 0 Å². The fourth-order valence-corrected chi connectivity index (χ4v) is 1.29. The second-order valence-electron chi connectivity index (χ2n) is 4.35. The zero-order valence-electron chi connectivity index (χ0n) is 8.89. The second-order valence-corrected chi connectivity index (χ2v) is 4.35. The standard InChI is InChI=1S/C11H17FN2/c1-11(2,3)14-10-6-4-5-9(12)8(10)7-13/h4-6,14H,7,13H2,1-3H3. The summed E-state index contributed by atoms with van der Waals surface area (Å²) < 4.78 is 13.3. The van der Waals surface area contributed by atoms with Crippen LogP contribution in [0.15, 0.2) is 18.2 Å². The fraction of sp³-hybridized carbons (Fsp3) is 0.455. The molecule has 0 saturated heterocycles. The first-order valence-corrected chi connectivity index (χ1v) is 4.69. The van der Waals surface area contributed by atoms with E-state index in [9.17, 15) is 4.39 Å². The molecular formula is C11H17FN2. The topological polar surface area (TPSA) is 38.0 Å². The number of halogens is 1. The molecule has 0 aliphatic heterocycles. The molecule has 0 radical (unpaired) electrons. The third-order valence-electron chi connectivity index (χ3n) is 1.83. The molecule has 3 heteroatoms. The molecule has 1 aromatic rings. The highest BCUT2D eigenvalue weighted by atomic mass is 19.1. The summed E-state index contributed by atoms with van der Waals surface area (Å²) in [6, 6.07) is 4.95. The Hall–Kier alpha value is -1.09. The van der Waals surface area contributed by atoms with Gasteiger partial charge in [-0.05, 0) is 32.9 Å². The van der Waals surface area contributed by atoms with Crippen LogP contribution >= 0.6 is 0 Å². The van der Waals surface area contributed by atoms with E-state index in [4.69, 9.17) is 5.73 Å². The van der Waals surface area contributed by atoms with Gasteiger partial charge in [0.2, 0.25) is 0 Å². The first-order valence-electron chi connectivity index (χ1n) is 4.69. The molecular weight excluding hydrogens is 179 g/mol. The highest BCUT2D eigenvalue weighted by molar-refractivity contribution is 5.53. The van der Waals surface area contributed by atoms with Crippen molar-refractivity contribution in [2.45, 2.75) is 32.9 Å². The molecule has 78 valence electrons. The summed E-state index contributed by atoms with van der Waals surface area (Å²) in [5, 5.41) is 3.22. The molecule has 0 amide bonds. The van der Waals surface area contributed by atoms with Crippen LogP contribution in [-0.2, 0) is 6.54 Å². The van der Waals surface area contributed by atoms with E-state index >= 15 is 0 Å². The summed E-state index contributed by atoms with van der Waals surface area (Å²) in [7, 11) is 0. The van der Waals surface area contributed by atoms with Gasteiger partial charge in [0.15, 0.2) is 0 Å². The van der Waals surface area contributed by atoms with Gasteiger partial charge in [0.1, 0.15) is 5.82 Å². The van der Waals surface area contributed by atoms with Crippen LogP contribution in [0.1, 0.15) is 26.3 Å². The SMILES string of the molecule is CC(C)(C)Nc1cccc(F)c1CN. The van der Waals surface area contributed by atoms with E-state index in [2.05, 4.69) is 5.32 Å². The van der Waals surface area contributed by atoms with E-state index in [1.165, 1.54) is 6.07 Å². The van der Waals surface area contributed by atoms with Crippen LogP contribution in [0.4, 0.5) is 10.1 Å². The number of nitrogens with two attached hydrogens (primary N) is 1. The first kappa shape index (κ1) is 11.0. The molecule has 0 atom stereocenters. The van der Waals surface area contributed by atoms with Crippen molar-refractivity contribution in [3.8, 4) is 0 Å².